The molecular formula is C12H12Cl3NO2. The third kappa shape index (κ3) is 3.29. The largest absolute Gasteiger partial charge is 0.387 e. The summed E-state index contributed by atoms with van der Waals surface area (Å²) in [7, 11) is 0. The molecule has 1 amide bonds. The standard InChI is InChI=1S/C12H12Cl3NO2/c13-8-3-1-7(2-4-8)10(17)6-16-11(18)9-5-12(9,14)15/h1-4,9-10,17H,5-6H2,(H,16,18). The lowest BCUT2D eigenvalue weighted by Gasteiger charge is -2.12. The second-order valence-corrected chi connectivity index (χ2v) is 6.31. The van der Waals surface area contributed by atoms with Crippen LogP contribution < -0.4 is 5.32 Å². The molecule has 1 saturated carbocycles. The number of hydrogen-bond acceptors (Lipinski definition) is 2. The van der Waals surface area contributed by atoms with Gasteiger partial charge in [0.25, 0.3) is 0 Å². The number of hydrogen-bond donors (Lipinski definition) is 2. The van der Waals surface area contributed by atoms with Crippen molar-refractivity contribution in [3.63, 3.8) is 0 Å². The summed E-state index contributed by atoms with van der Waals surface area (Å²) < 4.78 is -0.935. The molecule has 0 bridgehead atoms. The van der Waals surface area contributed by atoms with Crippen molar-refractivity contribution in [2.24, 2.45) is 5.92 Å². The van der Waals surface area contributed by atoms with Crippen LogP contribution in [-0.4, -0.2) is 21.9 Å². The van der Waals surface area contributed by atoms with Crippen molar-refractivity contribution in [3.8, 4) is 0 Å². The number of nitrogens with one attached hydrogen (secondary N) is 1. The molecule has 0 saturated heterocycles. The van der Waals surface area contributed by atoms with E-state index in [9.17, 15) is 9.90 Å². The summed E-state index contributed by atoms with van der Waals surface area (Å²) in [4.78, 5) is 11.6. The van der Waals surface area contributed by atoms with Crippen LogP contribution >= 0.6 is 34.8 Å². The van der Waals surface area contributed by atoms with Gasteiger partial charge in [0.1, 0.15) is 4.33 Å². The molecule has 1 aromatic rings. The highest BCUT2D eigenvalue weighted by atomic mass is 35.5. The van der Waals surface area contributed by atoms with Crippen molar-refractivity contribution in [1.29, 1.82) is 0 Å². The van der Waals surface area contributed by atoms with E-state index in [2.05, 4.69) is 5.32 Å². The van der Waals surface area contributed by atoms with E-state index in [1.54, 1.807) is 24.3 Å². The molecule has 0 aromatic heterocycles. The van der Waals surface area contributed by atoms with Gasteiger partial charge in [-0.05, 0) is 24.1 Å². The van der Waals surface area contributed by atoms with Crippen LogP contribution in [0.1, 0.15) is 18.1 Å². The molecule has 1 aromatic carbocycles. The SMILES string of the molecule is O=C(NCC(O)c1ccc(Cl)cc1)C1CC1(Cl)Cl. The third-order valence-corrected chi connectivity index (χ3v) is 3.95. The van der Waals surface area contributed by atoms with Crippen LogP contribution in [0, 0.1) is 5.92 Å². The Morgan fingerprint density at radius 2 is 2.00 bits per heavy atom. The molecule has 6 heteroatoms. The Hall–Kier alpha value is -0.480. The lowest BCUT2D eigenvalue weighted by Crippen LogP contribution is -2.30. The van der Waals surface area contributed by atoms with E-state index in [0.29, 0.717) is 17.0 Å². The fraction of sp³-hybridized carbons (Fsp3) is 0.417. The number of aliphatic hydroxyl groups excluding tert-OH is 1. The van der Waals surface area contributed by atoms with Crippen LogP contribution in [0.3, 0.4) is 0 Å². The second-order valence-electron chi connectivity index (χ2n) is 4.33. The van der Waals surface area contributed by atoms with Crippen molar-refractivity contribution in [3.05, 3.63) is 34.9 Å². The summed E-state index contributed by atoms with van der Waals surface area (Å²) >= 11 is 17.3. The van der Waals surface area contributed by atoms with Crippen LogP contribution in [-0.2, 0) is 4.79 Å². The quantitative estimate of drug-likeness (QED) is 0.840. The molecule has 0 heterocycles. The number of amides is 1. The maximum atomic E-state index is 11.6. The maximum absolute atomic E-state index is 11.6. The second kappa shape index (κ2) is 5.25. The van der Waals surface area contributed by atoms with Gasteiger partial charge in [-0.1, -0.05) is 23.7 Å². The Bertz CT molecular complexity index is 447. The molecule has 2 unspecified atom stereocenters. The summed E-state index contributed by atoms with van der Waals surface area (Å²) in [5.41, 5.74) is 0.693. The molecular weight excluding hydrogens is 296 g/mol. The van der Waals surface area contributed by atoms with Gasteiger partial charge >= 0.3 is 0 Å². The fourth-order valence-corrected chi connectivity index (χ4v) is 2.25. The Balaban J connectivity index is 1.83. The minimum Gasteiger partial charge on any atom is -0.387 e. The molecule has 0 radical (unpaired) electrons. The number of benzene rings is 1. The number of carbonyl (C=O) groups excluding carboxylic acids is 1. The van der Waals surface area contributed by atoms with E-state index in [4.69, 9.17) is 34.8 Å². The van der Waals surface area contributed by atoms with E-state index < -0.39 is 10.4 Å². The zero-order valence-corrected chi connectivity index (χ0v) is 11.6. The Morgan fingerprint density at radius 1 is 1.44 bits per heavy atom. The Morgan fingerprint density at radius 3 is 2.50 bits per heavy atom. The minimum absolute atomic E-state index is 0.126. The molecule has 1 aliphatic rings. The van der Waals surface area contributed by atoms with Gasteiger partial charge in [-0.15, -0.1) is 23.2 Å². The van der Waals surface area contributed by atoms with E-state index in [1.807, 2.05) is 0 Å². The summed E-state index contributed by atoms with van der Waals surface area (Å²) in [6.07, 6.45) is -0.316. The number of carbonyl (C=O) groups is 1. The van der Waals surface area contributed by atoms with E-state index in [0.717, 1.165) is 0 Å². The molecule has 0 spiro atoms. The maximum Gasteiger partial charge on any atom is 0.226 e. The van der Waals surface area contributed by atoms with Gasteiger partial charge in [-0.25, -0.2) is 0 Å². The van der Waals surface area contributed by atoms with Gasteiger partial charge < -0.3 is 10.4 Å². The first-order chi connectivity index (χ1) is 8.40. The van der Waals surface area contributed by atoms with E-state index in [1.165, 1.54) is 0 Å². The molecule has 3 nitrogen and oxygen atoms in total. The summed E-state index contributed by atoms with van der Waals surface area (Å²) in [5.74, 6) is -0.605. The monoisotopic (exact) mass is 307 g/mol. The zero-order valence-electron chi connectivity index (χ0n) is 9.37. The van der Waals surface area contributed by atoms with Gasteiger partial charge in [-0.2, -0.15) is 0 Å². The predicted molar refractivity (Wildman–Crippen MR) is 72.0 cm³/mol. The topological polar surface area (TPSA) is 49.3 Å². The van der Waals surface area contributed by atoms with Gasteiger partial charge in [0.05, 0.1) is 12.0 Å². The predicted octanol–water partition coefficient (Wildman–Crippen LogP) is 2.68. The van der Waals surface area contributed by atoms with E-state index >= 15 is 0 Å². The van der Waals surface area contributed by atoms with Crippen molar-refractivity contribution in [1.82, 2.24) is 5.32 Å². The van der Waals surface area contributed by atoms with Gasteiger partial charge in [0.15, 0.2) is 0 Å². The first kappa shape index (κ1) is 13.9. The fourth-order valence-electron chi connectivity index (χ4n) is 1.62. The summed E-state index contributed by atoms with van der Waals surface area (Å²) in [5, 5.41) is 13.1. The highest BCUT2D eigenvalue weighted by Gasteiger charge is 2.56. The highest BCUT2D eigenvalue weighted by molar-refractivity contribution is 6.52. The van der Waals surface area contributed by atoms with Gasteiger partial charge in [-0.3, -0.25) is 4.79 Å². The first-order valence-corrected chi connectivity index (χ1v) is 6.62. The molecule has 2 N–H and O–H groups in total. The lowest BCUT2D eigenvalue weighted by molar-refractivity contribution is -0.122. The molecule has 2 rings (SSSR count). The normalized spacial score (nSPS) is 22.3. The van der Waals surface area contributed by atoms with Crippen molar-refractivity contribution in [2.75, 3.05) is 6.54 Å². The molecule has 2 atom stereocenters. The van der Waals surface area contributed by atoms with Gasteiger partial charge in [0.2, 0.25) is 5.91 Å². The Kier molecular flexibility index (Phi) is 4.07. The molecule has 0 aliphatic heterocycles. The van der Waals surface area contributed by atoms with Crippen LogP contribution in [0.5, 0.6) is 0 Å². The number of halogens is 3. The van der Waals surface area contributed by atoms with Crippen molar-refractivity contribution in [2.45, 2.75) is 16.9 Å². The van der Waals surface area contributed by atoms with Crippen LogP contribution in [0.4, 0.5) is 0 Å². The first-order valence-electron chi connectivity index (χ1n) is 5.49. The molecule has 98 valence electrons. The zero-order chi connectivity index (χ0) is 13.3. The average molecular weight is 309 g/mol. The van der Waals surface area contributed by atoms with Crippen molar-refractivity contribution >= 4 is 40.7 Å². The summed E-state index contributed by atoms with van der Waals surface area (Å²) in [6, 6.07) is 6.80. The van der Waals surface area contributed by atoms with Crippen LogP contribution in [0.25, 0.3) is 0 Å². The average Bonchev–Trinajstić information content (AvgIpc) is 2.96. The number of alkyl halides is 2. The highest BCUT2D eigenvalue weighted by Crippen LogP contribution is 2.53. The number of rotatable bonds is 4. The third-order valence-electron chi connectivity index (χ3n) is 2.87. The van der Waals surface area contributed by atoms with Crippen LogP contribution in [0.15, 0.2) is 24.3 Å². The Labute approximate surface area is 120 Å². The summed E-state index contributed by atoms with van der Waals surface area (Å²) in [6.45, 7) is 0.126. The van der Waals surface area contributed by atoms with Crippen molar-refractivity contribution < 1.29 is 9.90 Å². The van der Waals surface area contributed by atoms with Crippen LogP contribution in [0.2, 0.25) is 5.02 Å². The van der Waals surface area contributed by atoms with E-state index in [-0.39, 0.29) is 18.4 Å². The van der Waals surface area contributed by atoms with Gasteiger partial charge in [0, 0.05) is 11.6 Å². The lowest BCUT2D eigenvalue weighted by atomic mass is 10.1. The smallest absolute Gasteiger partial charge is 0.226 e. The molecule has 18 heavy (non-hydrogen) atoms. The molecule has 1 fully saturated rings. The molecule has 1 aliphatic carbocycles. The minimum atomic E-state index is -0.935. The number of aliphatic hydroxyl groups is 1.